The number of carbonyl (C=O) groups excluding carboxylic acids is 1. The predicted molar refractivity (Wildman–Crippen MR) is 106 cm³/mol. The van der Waals surface area contributed by atoms with Crippen molar-refractivity contribution in [1.29, 1.82) is 0 Å². The Morgan fingerprint density at radius 3 is 2.35 bits per heavy atom. The first kappa shape index (κ1) is 20.0. The number of hydrogen-bond donors (Lipinski definition) is 1. The van der Waals surface area contributed by atoms with E-state index in [0.29, 0.717) is 42.6 Å². The number of nitrogens with one attached hydrogen (secondary N) is 1. The van der Waals surface area contributed by atoms with E-state index in [0.717, 1.165) is 10.6 Å². The third-order valence-corrected chi connectivity index (χ3v) is 4.51. The summed E-state index contributed by atoms with van der Waals surface area (Å²) in [7, 11) is 1.64. The Hall–Kier alpha value is -2.34. The van der Waals surface area contributed by atoms with Crippen molar-refractivity contribution in [1.82, 2.24) is 0 Å². The zero-order valence-corrected chi connectivity index (χ0v) is 16.2. The van der Waals surface area contributed by atoms with Crippen molar-refractivity contribution >= 4 is 23.4 Å². The Kier molecular flexibility index (Phi) is 8.15. The number of rotatable bonds is 10. The first-order valence-corrected chi connectivity index (χ1v) is 9.61. The van der Waals surface area contributed by atoms with E-state index >= 15 is 0 Å². The van der Waals surface area contributed by atoms with Crippen LogP contribution in [0.15, 0.2) is 47.4 Å². The van der Waals surface area contributed by atoms with Crippen LogP contribution >= 0.6 is 11.8 Å². The second kappa shape index (κ2) is 10.6. The monoisotopic (exact) mass is 375 g/mol. The van der Waals surface area contributed by atoms with Gasteiger partial charge in [0.1, 0.15) is 17.2 Å². The summed E-state index contributed by atoms with van der Waals surface area (Å²) in [6.45, 7) is 4.93. The van der Waals surface area contributed by atoms with Gasteiger partial charge in [-0.15, -0.1) is 11.8 Å². The fourth-order valence-corrected chi connectivity index (χ4v) is 3.14. The Morgan fingerprint density at radius 2 is 1.69 bits per heavy atom. The summed E-state index contributed by atoms with van der Waals surface area (Å²) in [5, 5.41) is 2.92. The highest BCUT2D eigenvalue weighted by molar-refractivity contribution is 7.99. The maximum absolute atomic E-state index is 12.3. The van der Waals surface area contributed by atoms with Gasteiger partial charge in [-0.25, -0.2) is 0 Å². The fourth-order valence-electron chi connectivity index (χ4n) is 2.29. The van der Waals surface area contributed by atoms with Crippen LogP contribution in [0, 0.1) is 0 Å². The van der Waals surface area contributed by atoms with Gasteiger partial charge in [-0.2, -0.15) is 0 Å². The molecule has 6 heteroatoms. The van der Waals surface area contributed by atoms with E-state index in [1.165, 1.54) is 0 Å². The van der Waals surface area contributed by atoms with Gasteiger partial charge >= 0.3 is 0 Å². The predicted octanol–water partition coefficient (Wildman–Crippen LogP) is 4.61. The lowest BCUT2D eigenvalue weighted by atomic mass is 10.2. The van der Waals surface area contributed by atoms with Crippen LogP contribution in [0.5, 0.6) is 17.2 Å². The summed E-state index contributed by atoms with van der Waals surface area (Å²) in [6.07, 6.45) is 0.404. The van der Waals surface area contributed by atoms with Crippen LogP contribution in [0.3, 0.4) is 0 Å². The molecule has 0 aliphatic rings. The van der Waals surface area contributed by atoms with Crippen molar-refractivity contribution in [2.24, 2.45) is 0 Å². The molecule has 0 heterocycles. The van der Waals surface area contributed by atoms with Crippen LogP contribution in [0.4, 0.5) is 5.69 Å². The van der Waals surface area contributed by atoms with E-state index in [4.69, 9.17) is 14.2 Å². The molecule has 0 radical (unpaired) electrons. The summed E-state index contributed by atoms with van der Waals surface area (Å²) in [5.74, 6) is 2.81. The Morgan fingerprint density at radius 1 is 1.00 bits per heavy atom. The summed E-state index contributed by atoms with van der Waals surface area (Å²) in [4.78, 5) is 13.4. The van der Waals surface area contributed by atoms with E-state index in [9.17, 15) is 4.79 Å². The second-order valence-electron chi connectivity index (χ2n) is 5.35. The van der Waals surface area contributed by atoms with Crippen molar-refractivity contribution in [2.75, 3.05) is 31.4 Å². The minimum Gasteiger partial charge on any atom is -0.497 e. The van der Waals surface area contributed by atoms with Crippen LogP contribution in [0.1, 0.15) is 20.3 Å². The average molecular weight is 375 g/mol. The van der Waals surface area contributed by atoms with Gasteiger partial charge in [-0.1, -0.05) is 0 Å². The van der Waals surface area contributed by atoms with E-state index < -0.39 is 0 Å². The zero-order valence-electron chi connectivity index (χ0n) is 15.4. The minimum absolute atomic E-state index is 0.0550. The number of ether oxygens (including phenoxy) is 3. The van der Waals surface area contributed by atoms with Gasteiger partial charge in [0.15, 0.2) is 0 Å². The molecule has 0 aliphatic heterocycles. The fraction of sp³-hybridized carbons (Fsp3) is 0.350. The second-order valence-corrected chi connectivity index (χ2v) is 6.51. The SMILES string of the molecule is CCOc1ccc(OCC)c(NC(=O)CCSc2ccc(OC)cc2)c1. The average Bonchev–Trinajstić information content (AvgIpc) is 2.65. The van der Waals surface area contributed by atoms with Gasteiger partial charge < -0.3 is 19.5 Å². The number of thioether (sulfide) groups is 1. The van der Waals surface area contributed by atoms with Crippen LogP contribution in [0.25, 0.3) is 0 Å². The highest BCUT2D eigenvalue weighted by atomic mass is 32.2. The maximum atomic E-state index is 12.3. The molecule has 0 aromatic heterocycles. The Balaban J connectivity index is 1.90. The van der Waals surface area contributed by atoms with Crippen molar-refractivity contribution in [3.8, 4) is 17.2 Å². The zero-order chi connectivity index (χ0) is 18.8. The molecule has 2 rings (SSSR count). The summed E-state index contributed by atoms with van der Waals surface area (Å²) >= 11 is 1.63. The highest BCUT2D eigenvalue weighted by Gasteiger charge is 2.10. The molecular formula is C20H25NO4S. The van der Waals surface area contributed by atoms with Crippen molar-refractivity contribution in [2.45, 2.75) is 25.2 Å². The topological polar surface area (TPSA) is 56.8 Å². The molecule has 0 saturated carbocycles. The van der Waals surface area contributed by atoms with Crippen LogP contribution in [-0.2, 0) is 4.79 Å². The van der Waals surface area contributed by atoms with Gasteiger partial charge in [0.25, 0.3) is 0 Å². The number of methoxy groups -OCH3 is 1. The van der Waals surface area contributed by atoms with E-state index in [-0.39, 0.29) is 5.91 Å². The molecule has 0 unspecified atom stereocenters. The molecule has 1 amide bonds. The third-order valence-electron chi connectivity index (χ3n) is 3.49. The smallest absolute Gasteiger partial charge is 0.225 e. The summed E-state index contributed by atoms with van der Waals surface area (Å²) in [5.41, 5.74) is 0.636. The van der Waals surface area contributed by atoms with Gasteiger partial charge in [0.05, 0.1) is 26.0 Å². The lowest BCUT2D eigenvalue weighted by Gasteiger charge is -2.13. The lowest BCUT2D eigenvalue weighted by Crippen LogP contribution is -2.13. The normalized spacial score (nSPS) is 10.3. The molecule has 140 valence electrons. The van der Waals surface area contributed by atoms with Crippen molar-refractivity contribution < 1.29 is 19.0 Å². The third kappa shape index (κ3) is 6.19. The Bertz CT molecular complexity index is 703. The minimum atomic E-state index is -0.0550. The maximum Gasteiger partial charge on any atom is 0.225 e. The Labute approximate surface area is 159 Å². The molecule has 5 nitrogen and oxygen atoms in total. The standard InChI is InChI=1S/C20H25NO4S/c1-4-24-16-8-11-19(25-5-2)18(14-16)21-20(22)12-13-26-17-9-6-15(23-3)7-10-17/h6-11,14H,4-5,12-13H2,1-3H3,(H,21,22). The number of benzene rings is 2. The quantitative estimate of drug-likeness (QED) is 0.615. The molecule has 26 heavy (non-hydrogen) atoms. The number of anilines is 1. The molecule has 2 aromatic rings. The van der Waals surface area contributed by atoms with Gasteiger partial charge in [-0.3, -0.25) is 4.79 Å². The number of carbonyl (C=O) groups is 1. The van der Waals surface area contributed by atoms with Crippen molar-refractivity contribution in [3.05, 3.63) is 42.5 Å². The first-order valence-electron chi connectivity index (χ1n) is 8.62. The number of hydrogen-bond acceptors (Lipinski definition) is 5. The van der Waals surface area contributed by atoms with Crippen molar-refractivity contribution in [3.63, 3.8) is 0 Å². The van der Waals surface area contributed by atoms with E-state index in [2.05, 4.69) is 5.32 Å². The van der Waals surface area contributed by atoms with Gasteiger partial charge in [0.2, 0.25) is 5.91 Å². The molecule has 0 bridgehead atoms. The molecular weight excluding hydrogens is 350 g/mol. The summed E-state index contributed by atoms with van der Waals surface area (Å²) < 4.78 is 16.2. The van der Waals surface area contributed by atoms with E-state index in [1.807, 2.05) is 50.2 Å². The molecule has 1 N–H and O–H groups in total. The van der Waals surface area contributed by atoms with Crippen LogP contribution < -0.4 is 19.5 Å². The van der Waals surface area contributed by atoms with Gasteiger partial charge in [-0.05, 0) is 50.2 Å². The molecule has 0 aliphatic carbocycles. The number of amides is 1. The molecule has 0 atom stereocenters. The molecule has 0 saturated heterocycles. The van der Waals surface area contributed by atoms with Gasteiger partial charge in [0, 0.05) is 23.1 Å². The first-order chi connectivity index (χ1) is 12.7. The van der Waals surface area contributed by atoms with Crippen LogP contribution in [0.2, 0.25) is 0 Å². The highest BCUT2D eigenvalue weighted by Crippen LogP contribution is 2.30. The lowest BCUT2D eigenvalue weighted by molar-refractivity contribution is -0.115. The molecule has 0 fully saturated rings. The largest absolute Gasteiger partial charge is 0.497 e. The van der Waals surface area contributed by atoms with Crippen LogP contribution in [-0.4, -0.2) is 32.0 Å². The van der Waals surface area contributed by atoms with E-state index in [1.54, 1.807) is 24.9 Å². The molecule has 2 aromatic carbocycles. The molecule has 0 spiro atoms. The summed E-state index contributed by atoms with van der Waals surface area (Å²) in [6, 6.07) is 13.2.